The normalized spacial score (nSPS) is 17.1. The van der Waals surface area contributed by atoms with Crippen molar-refractivity contribution in [2.24, 2.45) is 13.0 Å². The molecule has 1 unspecified atom stereocenters. The highest BCUT2D eigenvalue weighted by Gasteiger charge is 2.29. The van der Waals surface area contributed by atoms with Gasteiger partial charge in [0.2, 0.25) is 11.8 Å². The van der Waals surface area contributed by atoms with Crippen molar-refractivity contribution in [2.45, 2.75) is 24.4 Å². The van der Waals surface area contributed by atoms with E-state index < -0.39 is 0 Å². The SMILES string of the molecule is Cn1ccnc1SCCNC(=O)C1CCC(=O)N(CCc2ccccc2)C1. The van der Waals surface area contributed by atoms with Crippen LogP contribution in [0.5, 0.6) is 0 Å². The van der Waals surface area contributed by atoms with E-state index in [0.29, 0.717) is 32.5 Å². The maximum absolute atomic E-state index is 12.5. The molecule has 0 saturated carbocycles. The number of likely N-dealkylation sites (tertiary alicyclic amines) is 1. The van der Waals surface area contributed by atoms with Gasteiger partial charge in [0.1, 0.15) is 0 Å². The van der Waals surface area contributed by atoms with E-state index in [2.05, 4.69) is 22.4 Å². The Morgan fingerprint density at radius 1 is 1.33 bits per heavy atom. The van der Waals surface area contributed by atoms with Crippen molar-refractivity contribution in [3.05, 3.63) is 48.3 Å². The van der Waals surface area contributed by atoms with Gasteiger partial charge in [-0.25, -0.2) is 4.98 Å². The number of hydrogen-bond donors (Lipinski definition) is 1. The zero-order valence-corrected chi connectivity index (χ0v) is 16.5. The van der Waals surface area contributed by atoms with Gasteiger partial charge in [-0.2, -0.15) is 0 Å². The van der Waals surface area contributed by atoms with E-state index in [4.69, 9.17) is 0 Å². The number of carbonyl (C=O) groups excluding carboxylic acids is 2. The third kappa shape index (κ3) is 5.60. The summed E-state index contributed by atoms with van der Waals surface area (Å²) in [4.78, 5) is 30.8. The van der Waals surface area contributed by atoms with Crippen LogP contribution in [0.2, 0.25) is 0 Å². The average Bonchev–Trinajstić information content (AvgIpc) is 3.10. The summed E-state index contributed by atoms with van der Waals surface area (Å²) >= 11 is 1.62. The molecule has 1 saturated heterocycles. The second kappa shape index (κ2) is 9.60. The molecule has 27 heavy (non-hydrogen) atoms. The summed E-state index contributed by atoms with van der Waals surface area (Å²) in [5.74, 6) is 0.865. The molecule has 0 radical (unpaired) electrons. The van der Waals surface area contributed by atoms with Crippen LogP contribution in [0.1, 0.15) is 18.4 Å². The van der Waals surface area contributed by atoms with Crippen LogP contribution in [0.15, 0.2) is 47.9 Å². The summed E-state index contributed by atoms with van der Waals surface area (Å²) in [6.45, 7) is 1.79. The molecule has 0 bridgehead atoms. The predicted molar refractivity (Wildman–Crippen MR) is 106 cm³/mol. The Labute approximate surface area is 164 Å². The van der Waals surface area contributed by atoms with E-state index in [1.165, 1.54) is 5.56 Å². The van der Waals surface area contributed by atoms with E-state index in [9.17, 15) is 9.59 Å². The largest absolute Gasteiger partial charge is 0.355 e. The van der Waals surface area contributed by atoms with Crippen LogP contribution in [0.4, 0.5) is 0 Å². The molecule has 2 heterocycles. The Bertz CT molecular complexity index is 762. The molecule has 1 atom stereocenters. The van der Waals surface area contributed by atoms with Crippen molar-refractivity contribution >= 4 is 23.6 Å². The first-order valence-corrected chi connectivity index (χ1v) is 10.3. The van der Waals surface area contributed by atoms with E-state index in [1.807, 2.05) is 40.9 Å². The Morgan fingerprint density at radius 2 is 2.15 bits per heavy atom. The Hall–Kier alpha value is -2.28. The third-order valence-electron chi connectivity index (χ3n) is 4.79. The molecule has 7 heteroatoms. The van der Waals surface area contributed by atoms with Gasteiger partial charge >= 0.3 is 0 Å². The smallest absolute Gasteiger partial charge is 0.224 e. The fraction of sp³-hybridized carbons (Fsp3) is 0.450. The quantitative estimate of drug-likeness (QED) is 0.557. The first-order valence-electron chi connectivity index (χ1n) is 9.33. The Balaban J connectivity index is 1.41. The summed E-state index contributed by atoms with van der Waals surface area (Å²) in [6.07, 6.45) is 5.59. The van der Waals surface area contributed by atoms with Crippen molar-refractivity contribution in [1.29, 1.82) is 0 Å². The lowest BCUT2D eigenvalue weighted by Gasteiger charge is -2.32. The third-order valence-corrected chi connectivity index (χ3v) is 5.85. The molecule has 1 fully saturated rings. The molecule has 1 aliphatic rings. The predicted octanol–water partition coefficient (Wildman–Crippen LogP) is 2.11. The molecule has 0 spiro atoms. The summed E-state index contributed by atoms with van der Waals surface area (Å²) in [5, 5.41) is 3.95. The number of aryl methyl sites for hydroxylation is 1. The molecule has 1 aromatic carbocycles. The van der Waals surface area contributed by atoms with Gasteiger partial charge in [-0.15, -0.1) is 0 Å². The first kappa shape index (κ1) is 19.5. The van der Waals surface area contributed by atoms with Gasteiger partial charge < -0.3 is 14.8 Å². The Kier molecular flexibility index (Phi) is 6.92. The molecule has 6 nitrogen and oxygen atoms in total. The van der Waals surface area contributed by atoms with Crippen molar-refractivity contribution in [3.8, 4) is 0 Å². The molecule has 2 aromatic rings. The van der Waals surface area contributed by atoms with E-state index in [1.54, 1.807) is 18.0 Å². The van der Waals surface area contributed by atoms with E-state index in [-0.39, 0.29) is 17.7 Å². The standard InChI is InChI=1S/C20H26N4O2S/c1-23-13-10-22-20(23)27-14-11-21-19(26)17-7-8-18(25)24(15-17)12-9-16-5-3-2-4-6-16/h2-6,10,13,17H,7-9,11-12,14-15H2,1H3,(H,21,26). The van der Waals surface area contributed by atoms with Gasteiger partial charge in [-0.05, 0) is 18.4 Å². The lowest BCUT2D eigenvalue weighted by Crippen LogP contribution is -2.46. The average molecular weight is 387 g/mol. The number of hydrogen-bond acceptors (Lipinski definition) is 4. The number of imidazole rings is 1. The molecular weight excluding hydrogens is 360 g/mol. The zero-order valence-electron chi connectivity index (χ0n) is 15.6. The lowest BCUT2D eigenvalue weighted by molar-refractivity contribution is -0.138. The van der Waals surface area contributed by atoms with Gasteiger partial charge in [0.05, 0.1) is 5.92 Å². The number of piperidine rings is 1. The number of thioether (sulfide) groups is 1. The first-order chi connectivity index (χ1) is 13.1. The van der Waals surface area contributed by atoms with Crippen LogP contribution < -0.4 is 5.32 Å². The molecule has 0 aliphatic carbocycles. The number of nitrogens with one attached hydrogen (secondary N) is 1. The van der Waals surface area contributed by atoms with Gasteiger partial charge in [0.25, 0.3) is 0 Å². The van der Waals surface area contributed by atoms with Crippen molar-refractivity contribution < 1.29 is 9.59 Å². The van der Waals surface area contributed by atoms with Crippen molar-refractivity contribution in [1.82, 2.24) is 19.8 Å². The number of nitrogens with zero attached hydrogens (tertiary/aromatic N) is 3. The zero-order chi connectivity index (χ0) is 19.1. The molecular formula is C20H26N4O2S. The van der Waals surface area contributed by atoms with Crippen LogP contribution in [-0.4, -0.2) is 51.7 Å². The van der Waals surface area contributed by atoms with Gasteiger partial charge in [0.15, 0.2) is 5.16 Å². The monoisotopic (exact) mass is 386 g/mol. The van der Waals surface area contributed by atoms with Crippen LogP contribution >= 0.6 is 11.8 Å². The maximum atomic E-state index is 12.5. The minimum Gasteiger partial charge on any atom is -0.355 e. The minimum absolute atomic E-state index is 0.0488. The summed E-state index contributed by atoms with van der Waals surface area (Å²) < 4.78 is 1.96. The highest BCUT2D eigenvalue weighted by Crippen LogP contribution is 2.19. The summed E-state index contributed by atoms with van der Waals surface area (Å²) in [7, 11) is 1.96. The van der Waals surface area contributed by atoms with Crippen LogP contribution in [0.25, 0.3) is 0 Å². The summed E-state index contributed by atoms with van der Waals surface area (Å²) in [5.41, 5.74) is 1.21. The molecule has 1 aromatic heterocycles. The molecule has 1 N–H and O–H groups in total. The fourth-order valence-electron chi connectivity index (χ4n) is 3.21. The topological polar surface area (TPSA) is 67.2 Å². The van der Waals surface area contributed by atoms with Crippen molar-refractivity contribution in [3.63, 3.8) is 0 Å². The van der Waals surface area contributed by atoms with Crippen LogP contribution in [0.3, 0.4) is 0 Å². The van der Waals surface area contributed by atoms with Gasteiger partial charge in [-0.1, -0.05) is 42.1 Å². The minimum atomic E-state index is -0.114. The lowest BCUT2D eigenvalue weighted by atomic mass is 9.96. The second-order valence-corrected chi connectivity index (χ2v) is 7.83. The highest BCUT2D eigenvalue weighted by molar-refractivity contribution is 7.99. The van der Waals surface area contributed by atoms with Crippen LogP contribution in [-0.2, 0) is 23.1 Å². The summed E-state index contributed by atoms with van der Waals surface area (Å²) in [6, 6.07) is 10.1. The number of aromatic nitrogens is 2. The van der Waals surface area contributed by atoms with Crippen LogP contribution in [0, 0.1) is 5.92 Å². The number of amides is 2. The molecule has 2 amide bonds. The Morgan fingerprint density at radius 3 is 2.89 bits per heavy atom. The molecule has 3 rings (SSSR count). The number of benzene rings is 1. The fourth-order valence-corrected chi connectivity index (χ4v) is 3.99. The van der Waals surface area contributed by atoms with Gasteiger partial charge in [-0.3, -0.25) is 9.59 Å². The van der Waals surface area contributed by atoms with Gasteiger partial charge in [0, 0.05) is 51.2 Å². The number of carbonyl (C=O) groups is 2. The molecule has 144 valence electrons. The number of rotatable bonds is 8. The highest BCUT2D eigenvalue weighted by atomic mass is 32.2. The van der Waals surface area contributed by atoms with E-state index >= 15 is 0 Å². The van der Waals surface area contributed by atoms with E-state index in [0.717, 1.165) is 17.3 Å². The molecule has 1 aliphatic heterocycles. The second-order valence-electron chi connectivity index (χ2n) is 6.77. The maximum Gasteiger partial charge on any atom is 0.224 e. The van der Waals surface area contributed by atoms with Crippen molar-refractivity contribution in [2.75, 3.05) is 25.4 Å².